The Hall–Kier alpha value is -1.58. The maximum absolute atomic E-state index is 11.8. The van der Waals surface area contributed by atoms with Gasteiger partial charge in [0.2, 0.25) is 5.56 Å². The first kappa shape index (κ1) is 13.8. The van der Waals surface area contributed by atoms with Gasteiger partial charge in [-0.1, -0.05) is 32.6 Å². The van der Waals surface area contributed by atoms with Gasteiger partial charge in [0.05, 0.1) is 5.56 Å². The van der Waals surface area contributed by atoms with Gasteiger partial charge in [0.15, 0.2) is 0 Å². The van der Waals surface area contributed by atoms with Crippen molar-refractivity contribution >= 4 is 5.91 Å². The van der Waals surface area contributed by atoms with E-state index < -0.39 is 0 Å². The smallest absolute Gasteiger partial charge is 0.252 e. The molecule has 0 spiro atoms. The molecule has 2 N–H and O–H groups in total. The molecule has 0 aliphatic heterocycles. The molecule has 0 bridgehead atoms. The van der Waals surface area contributed by atoms with Gasteiger partial charge < -0.3 is 10.3 Å². The van der Waals surface area contributed by atoms with Crippen molar-refractivity contribution in [3.05, 3.63) is 34.2 Å². The second-order valence-electron chi connectivity index (χ2n) is 5.61. The number of hydrogen-bond acceptors (Lipinski definition) is 2. The number of amides is 1. The molecular weight excluding hydrogens is 240 g/mol. The first-order valence-electron chi connectivity index (χ1n) is 7.12. The van der Waals surface area contributed by atoms with Crippen molar-refractivity contribution in [1.29, 1.82) is 0 Å². The average Bonchev–Trinajstić information content (AvgIpc) is 2.41. The minimum Gasteiger partial charge on any atom is -0.352 e. The van der Waals surface area contributed by atoms with Gasteiger partial charge in [0.25, 0.3) is 5.91 Å². The lowest BCUT2D eigenvalue weighted by atomic mass is 9.81. The number of rotatable bonds is 4. The molecule has 0 atom stereocenters. The molecule has 1 amide bonds. The monoisotopic (exact) mass is 262 g/mol. The van der Waals surface area contributed by atoms with Crippen LogP contribution in [0, 0.1) is 11.8 Å². The summed E-state index contributed by atoms with van der Waals surface area (Å²) >= 11 is 0. The Kier molecular flexibility index (Phi) is 4.77. The molecule has 1 aromatic heterocycles. The fourth-order valence-corrected chi connectivity index (χ4v) is 2.66. The van der Waals surface area contributed by atoms with Crippen LogP contribution in [0.4, 0.5) is 0 Å². The van der Waals surface area contributed by atoms with E-state index >= 15 is 0 Å². The zero-order chi connectivity index (χ0) is 13.7. The van der Waals surface area contributed by atoms with E-state index in [1.54, 1.807) is 6.07 Å². The molecule has 4 heteroatoms. The van der Waals surface area contributed by atoms with Crippen LogP contribution in [0.1, 0.15) is 49.4 Å². The van der Waals surface area contributed by atoms with E-state index in [2.05, 4.69) is 17.2 Å². The third kappa shape index (κ3) is 4.23. The summed E-state index contributed by atoms with van der Waals surface area (Å²) in [5.41, 5.74) is 0.324. The molecule has 1 aromatic rings. The first-order chi connectivity index (χ1) is 9.15. The van der Waals surface area contributed by atoms with E-state index in [4.69, 9.17) is 0 Å². The molecule has 0 aromatic carbocycles. The molecule has 1 saturated carbocycles. The number of carbonyl (C=O) groups excluding carboxylic acids is 1. The number of aromatic nitrogens is 1. The van der Waals surface area contributed by atoms with Crippen LogP contribution < -0.4 is 10.9 Å². The Morgan fingerprint density at radius 2 is 2.05 bits per heavy atom. The fraction of sp³-hybridized carbons (Fsp3) is 0.600. The minimum atomic E-state index is -0.187. The summed E-state index contributed by atoms with van der Waals surface area (Å²) in [5.74, 6) is 1.51. The summed E-state index contributed by atoms with van der Waals surface area (Å²) in [6.07, 6.45) is 7.73. The van der Waals surface area contributed by atoms with Crippen LogP contribution in [-0.2, 0) is 0 Å². The topological polar surface area (TPSA) is 62.0 Å². The van der Waals surface area contributed by atoms with Gasteiger partial charge in [-0.2, -0.15) is 0 Å². The average molecular weight is 262 g/mol. The van der Waals surface area contributed by atoms with Crippen molar-refractivity contribution in [3.63, 3.8) is 0 Å². The Labute approximate surface area is 113 Å². The highest BCUT2D eigenvalue weighted by molar-refractivity contribution is 5.93. The largest absolute Gasteiger partial charge is 0.352 e. The molecular formula is C15H22N2O2. The minimum absolute atomic E-state index is 0.111. The third-order valence-corrected chi connectivity index (χ3v) is 4.02. The predicted molar refractivity (Wildman–Crippen MR) is 75.1 cm³/mol. The zero-order valence-corrected chi connectivity index (χ0v) is 11.4. The Morgan fingerprint density at radius 1 is 1.32 bits per heavy atom. The summed E-state index contributed by atoms with van der Waals surface area (Å²) in [6.45, 7) is 3.03. The second-order valence-corrected chi connectivity index (χ2v) is 5.61. The summed E-state index contributed by atoms with van der Waals surface area (Å²) in [4.78, 5) is 25.2. The molecule has 2 rings (SSSR count). The molecule has 4 nitrogen and oxygen atoms in total. The highest BCUT2D eigenvalue weighted by atomic mass is 16.1. The van der Waals surface area contributed by atoms with Crippen molar-refractivity contribution in [1.82, 2.24) is 10.3 Å². The number of carbonyl (C=O) groups is 1. The van der Waals surface area contributed by atoms with E-state index in [1.165, 1.54) is 37.9 Å². The van der Waals surface area contributed by atoms with E-state index in [9.17, 15) is 9.59 Å². The van der Waals surface area contributed by atoms with Gasteiger partial charge in [-0.3, -0.25) is 9.59 Å². The number of aromatic amines is 1. The normalized spacial score (nSPS) is 23.0. The highest BCUT2D eigenvalue weighted by Crippen LogP contribution is 2.29. The quantitative estimate of drug-likeness (QED) is 0.874. The molecule has 1 aliphatic carbocycles. The highest BCUT2D eigenvalue weighted by Gasteiger charge is 2.18. The van der Waals surface area contributed by atoms with Crippen LogP contribution in [-0.4, -0.2) is 17.4 Å². The lowest BCUT2D eigenvalue weighted by molar-refractivity contribution is 0.0949. The van der Waals surface area contributed by atoms with E-state index in [-0.39, 0.29) is 11.5 Å². The molecule has 0 unspecified atom stereocenters. The van der Waals surface area contributed by atoms with Crippen molar-refractivity contribution < 1.29 is 4.79 Å². The first-order valence-corrected chi connectivity index (χ1v) is 7.12. The molecule has 104 valence electrons. The molecule has 1 heterocycles. The summed E-state index contributed by atoms with van der Waals surface area (Å²) < 4.78 is 0. The predicted octanol–water partition coefficient (Wildman–Crippen LogP) is 2.32. The van der Waals surface area contributed by atoms with Gasteiger partial charge in [0.1, 0.15) is 0 Å². The van der Waals surface area contributed by atoms with Crippen molar-refractivity contribution in [2.45, 2.75) is 39.0 Å². The molecule has 0 radical (unpaired) electrons. The molecule has 1 fully saturated rings. The lowest BCUT2D eigenvalue weighted by Gasteiger charge is -2.26. The third-order valence-electron chi connectivity index (χ3n) is 4.02. The number of hydrogen-bond donors (Lipinski definition) is 2. The Bertz CT molecular complexity index is 453. The summed E-state index contributed by atoms with van der Waals surface area (Å²) in [5, 5.41) is 2.92. The van der Waals surface area contributed by atoms with Crippen LogP contribution in [0.15, 0.2) is 23.1 Å². The van der Waals surface area contributed by atoms with E-state index in [1.807, 2.05) is 0 Å². The standard InChI is InChI=1S/C15H22N2O2/c1-11-2-4-12(5-3-11)8-9-16-15(19)13-6-7-14(18)17-10-13/h6-7,10-12H,2-5,8-9H2,1H3,(H,16,19)(H,17,18). The van der Waals surface area contributed by atoms with Gasteiger partial charge in [-0.05, 0) is 24.3 Å². The lowest BCUT2D eigenvalue weighted by Crippen LogP contribution is -2.27. The van der Waals surface area contributed by atoms with Gasteiger partial charge >= 0.3 is 0 Å². The van der Waals surface area contributed by atoms with Crippen LogP contribution in [0.3, 0.4) is 0 Å². The fourth-order valence-electron chi connectivity index (χ4n) is 2.66. The maximum atomic E-state index is 11.8. The maximum Gasteiger partial charge on any atom is 0.252 e. The summed E-state index contributed by atoms with van der Waals surface area (Å²) in [6, 6.07) is 2.92. The van der Waals surface area contributed by atoms with Crippen molar-refractivity contribution in [2.24, 2.45) is 11.8 Å². The molecule has 1 aliphatic rings. The Morgan fingerprint density at radius 3 is 2.68 bits per heavy atom. The van der Waals surface area contributed by atoms with E-state index in [0.29, 0.717) is 5.56 Å². The molecule has 19 heavy (non-hydrogen) atoms. The van der Waals surface area contributed by atoms with Crippen LogP contribution in [0.25, 0.3) is 0 Å². The number of H-pyrrole nitrogens is 1. The van der Waals surface area contributed by atoms with Crippen LogP contribution in [0.5, 0.6) is 0 Å². The Balaban J connectivity index is 1.72. The van der Waals surface area contributed by atoms with E-state index in [0.717, 1.165) is 24.8 Å². The summed E-state index contributed by atoms with van der Waals surface area (Å²) in [7, 11) is 0. The zero-order valence-electron chi connectivity index (χ0n) is 11.4. The van der Waals surface area contributed by atoms with Gasteiger partial charge in [0, 0.05) is 18.8 Å². The number of nitrogens with one attached hydrogen (secondary N) is 2. The van der Waals surface area contributed by atoms with Crippen molar-refractivity contribution in [3.8, 4) is 0 Å². The molecule has 0 saturated heterocycles. The van der Waals surface area contributed by atoms with Crippen molar-refractivity contribution in [2.75, 3.05) is 6.54 Å². The van der Waals surface area contributed by atoms with Gasteiger partial charge in [-0.25, -0.2) is 0 Å². The SMILES string of the molecule is CC1CCC(CCNC(=O)c2ccc(=O)[nH]c2)CC1. The second kappa shape index (κ2) is 6.55. The van der Waals surface area contributed by atoms with Gasteiger partial charge in [-0.15, -0.1) is 0 Å². The number of pyridine rings is 1. The van der Waals surface area contributed by atoms with Crippen LogP contribution in [0.2, 0.25) is 0 Å². The van der Waals surface area contributed by atoms with Crippen LogP contribution >= 0.6 is 0 Å².